The second-order valence-corrected chi connectivity index (χ2v) is 2.66. The zero-order chi connectivity index (χ0) is 8.93. The second-order valence-electron chi connectivity index (χ2n) is 2.66. The normalized spacial score (nSPS) is 9.85. The first-order valence-corrected chi connectivity index (χ1v) is 4.07. The maximum absolute atomic E-state index is 3.93. The summed E-state index contributed by atoms with van der Waals surface area (Å²) >= 11 is 0. The summed E-state index contributed by atoms with van der Waals surface area (Å²) in [5, 5.41) is 3.93. The topological polar surface area (TPSA) is 42.7 Å². The van der Waals surface area contributed by atoms with Crippen LogP contribution in [-0.2, 0) is 6.54 Å². The van der Waals surface area contributed by atoms with E-state index in [1.165, 1.54) is 11.9 Å². The summed E-state index contributed by atoms with van der Waals surface area (Å²) in [7, 11) is 0. The van der Waals surface area contributed by atoms with Gasteiger partial charge in [-0.05, 0) is 5.56 Å². The Labute approximate surface area is 76.2 Å². The molecule has 4 nitrogen and oxygen atoms in total. The Morgan fingerprint density at radius 1 is 1.23 bits per heavy atom. The first kappa shape index (κ1) is 7.79. The van der Waals surface area contributed by atoms with E-state index >= 15 is 0 Å². The molecule has 2 aromatic rings. The van der Waals surface area contributed by atoms with Gasteiger partial charge in [0, 0.05) is 0 Å². The van der Waals surface area contributed by atoms with E-state index in [9.17, 15) is 0 Å². The van der Waals surface area contributed by atoms with E-state index < -0.39 is 0 Å². The predicted molar refractivity (Wildman–Crippen MR) is 49.5 cm³/mol. The van der Waals surface area contributed by atoms with Crippen LogP contribution in [0.25, 0.3) is 0 Å². The minimum absolute atomic E-state index is 0.754. The number of nitrogens with zero attached hydrogens (tertiary/aromatic N) is 3. The standard InChI is InChI=1S/C9H10N4/c1-2-4-9(5-3-1)6-11-13-8-10-7-12-13/h1-5,7-8,11H,6H2. The minimum atomic E-state index is 0.754. The number of aromatic nitrogens is 3. The highest BCUT2D eigenvalue weighted by Gasteiger charge is 1.90. The molecular formula is C9H10N4. The molecule has 2 rings (SSSR count). The van der Waals surface area contributed by atoms with Crippen molar-refractivity contribution in [3.05, 3.63) is 48.5 Å². The fourth-order valence-electron chi connectivity index (χ4n) is 1.06. The third-order valence-electron chi connectivity index (χ3n) is 1.71. The first-order valence-electron chi connectivity index (χ1n) is 4.07. The van der Waals surface area contributed by atoms with E-state index in [1.807, 2.05) is 18.2 Å². The molecule has 0 saturated carbocycles. The molecule has 1 aromatic heterocycles. The Balaban J connectivity index is 1.94. The lowest BCUT2D eigenvalue weighted by Gasteiger charge is -2.04. The Morgan fingerprint density at radius 3 is 2.77 bits per heavy atom. The number of hydrogen-bond acceptors (Lipinski definition) is 3. The lowest BCUT2D eigenvalue weighted by molar-refractivity contribution is 0.730. The molecule has 1 aromatic carbocycles. The van der Waals surface area contributed by atoms with Crippen LogP contribution < -0.4 is 5.43 Å². The SMILES string of the molecule is c1ccc(CNn2cncn2)cc1. The Morgan fingerprint density at radius 2 is 2.08 bits per heavy atom. The molecule has 0 saturated heterocycles. The molecule has 1 N–H and O–H groups in total. The summed E-state index contributed by atoms with van der Waals surface area (Å²) in [6.45, 7) is 0.754. The number of hydrogen-bond donors (Lipinski definition) is 1. The van der Waals surface area contributed by atoms with Crippen LogP contribution in [0, 0.1) is 0 Å². The molecule has 13 heavy (non-hydrogen) atoms. The molecule has 0 bridgehead atoms. The minimum Gasteiger partial charge on any atom is -0.304 e. The molecule has 0 spiro atoms. The molecule has 4 heteroatoms. The van der Waals surface area contributed by atoms with Crippen LogP contribution in [0.15, 0.2) is 43.0 Å². The molecule has 1 heterocycles. The number of benzene rings is 1. The largest absolute Gasteiger partial charge is 0.304 e. The van der Waals surface area contributed by atoms with E-state index in [1.54, 1.807) is 11.1 Å². The van der Waals surface area contributed by atoms with Crippen LogP contribution in [-0.4, -0.2) is 14.9 Å². The lowest BCUT2D eigenvalue weighted by Crippen LogP contribution is -2.14. The molecule has 66 valence electrons. The highest BCUT2D eigenvalue weighted by atomic mass is 15.6. The van der Waals surface area contributed by atoms with Crippen molar-refractivity contribution in [2.75, 3.05) is 5.43 Å². The van der Waals surface area contributed by atoms with Gasteiger partial charge < -0.3 is 5.43 Å². The van der Waals surface area contributed by atoms with Crippen LogP contribution in [0.5, 0.6) is 0 Å². The van der Waals surface area contributed by atoms with E-state index in [4.69, 9.17) is 0 Å². The summed E-state index contributed by atoms with van der Waals surface area (Å²) in [5.41, 5.74) is 4.30. The Hall–Kier alpha value is -1.84. The van der Waals surface area contributed by atoms with Crippen molar-refractivity contribution in [3.63, 3.8) is 0 Å². The van der Waals surface area contributed by atoms with Crippen LogP contribution in [0.2, 0.25) is 0 Å². The lowest BCUT2D eigenvalue weighted by atomic mass is 10.2. The maximum Gasteiger partial charge on any atom is 0.139 e. The molecule has 0 aliphatic rings. The van der Waals surface area contributed by atoms with E-state index in [0.29, 0.717) is 0 Å². The molecule has 0 atom stereocenters. The van der Waals surface area contributed by atoms with Crippen molar-refractivity contribution < 1.29 is 0 Å². The van der Waals surface area contributed by atoms with Gasteiger partial charge in [0.15, 0.2) is 0 Å². The summed E-state index contributed by atoms with van der Waals surface area (Å²) in [4.78, 5) is 5.41. The quantitative estimate of drug-likeness (QED) is 0.755. The molecular weight excluding hydrogens is 164 g/mol. The van der Waals surface area contributed by atoms with Crippen molar-refractivity contribution in [2.45, 2.75) is 6.54 Å². The fraction of sp³-hybridized carbons (Fsp3) is 0.111. The van der Waals surface area contributed by atoms with Gasteiger partial charge in [-0.2, -0.15) is 4.79 Å². The molecule has 0 unspecified atom stereocenters. The van der Waals surface area contributed by atoms with Crippen molar-refractivity contribution in [1.29, 1.82) is 0 Å². The van der Waals surface area contributed by atoms with Gasteiger partial charge >= 0.3 is 0 Å². The van der Waals surface area contributed by atoms with Crippen molar-refractivity contribution in [1.82, 2.24) is 14.9 Å². The van der Waals surface area contributed by atoms with E-state index in [-0.39, 0.29) is 0 Å². The van der Waals surface area contributed by atoms with Gasteiger partial charge in [-0.15, -0.1) is 5.10 Å². The smallest absolute Gasteiger partial charge is 0.139 e. The van der Waals surface area contributed by atoms with Crippen LogP contribution in [0.1, 0.15) is 5.56 Å². The van der Waals surface area contributed by atoms with Gasteiger partial charge in [-0.25, -0.2) is 4.98 Å². The summed E-state index contributed by atoms with van der Waals surface area (Å²) in [6.07, 6.45) is 3.13. The first-order chi connectivity index (χ1) is 6.45. The number of rotatable bonds is 3. The average molecular weight is 174 g/mol. The summed E-state index contributed by atoms with van der Waals surface area (Å²) in [6, 6.07) is 10.1. The van der Waals surface area contributed by atoms with Crippen molar-refractivity contribution >= 4 is 0 Å². The molecule has 0 aliphatic carbocycles. The fourth-order valence-corrected chi connectivity index (χ4v) is 1.06. The molecule has 0 amide bonds. The highest BCUT2D eigenvalue weighted by molar-refractivity contribution is 5.15. The third-order valence-corrected chi connectivity index (χ3v) is 1.71. The van der Waals surface area contributed by atoms with E-state index in [2.05, 4.69) is 27.6 Å². The second kappa shape index (κ2) is 3.71. The zero-order valence-electron chi connectivity index (χ0n) is 7.09. The predicted octanol–water partition coefficient (Wildman–Crippen LogP) is 1.02. The average Bonchev–Trinajstić information content (AvgIpc) is 2.69. The Kier molecular flexibility index (Phi) is 2.22. The highest BCUT2D eigenvalue weighted by Crippen LogP contribution is 1.97. The van der Waals surface area contributed by atoms with Gasteiger partial charge in [0.1, 0.15) is 12.7 Å². The maximum atomic E-state index is 3.93. The van der Waals surface area contributed by atoms with Gasteiger partial charge in [-0.3, -0.25) is 0 Å². The monoisotopic (exact) mass is 174 g/mol. The van der Waals surface area contributed by atoms with Gasteiger partial charge in [0.2, 0.25) is 0 Å². The van der Waals surface area contributed by atoms with Crippen molar-refractivity contribution in [2.24, 2.45) is 0 Å². The van der Waals surface area contributed by atoms with Gasteiger partial charge in [0.05, 0.1) is 6.54 Å². The van der Waals surface area contributed by atoms with Crippen molar-refractivity contribution in [3.8, 4) is 0 Å². The van der Waals surface area contributed by atoms with Gasteiger partial charge in [-0.1, -0.05) is 30.3 Å². The molecule has 0 radical (unpaired) electrons. The summed E-state index contributed by atoms with van der Waals surface area (Å²) in [5.74, 6) is 0. The zero-order valence-corrected chi connectivity index (χ0v) is 7.09. The van der Waals surface area contributed by atoms with E-state index in [0.717, 1.165) is 6.54 Å². The van der Waals surface area contributed by atoms with Gasteiger partial charge in [0.25, 0.3) is 0 Å². The van der Waals surface area contributed by atoms with Crippen LogP contribution >= 0.6 is 0 Å². The molecule has 0 fully saturated rings. The summed E-state index contributed by atoms with van der Waals surface area (Å²) < 4.78 is 0. The van der Waals surface area contributed by atoms with Crippen LogP contribution in [0.3, 0.4) is 0 Å². The third kappa shape index (κ3) is 2.05. The van der Waals surface area contributed by atoms with Crippen LogP contribution in [0.4, 0.5) is 0 Å². The number of nitrogens with one attached hydrogen (secondary N) is 1. The molecule has 0 aliphatic heterocycles. The Bertz CT molecular complexity index is 341.